The second-order valence-corrected chi connectivity index (χ2v) is 6.46. The summed E-state index contributed by atoms with van der Waals surface area (Å²) in [6.45, 7) is 4.86. The van der Waals surface area contributed by atoms with Crippen LogP contribution in [-0.4, -0.2) is 34.8 Å². The molecular weight excluding hydrogens is 285 g/mol. The molecule has 0 aromatic heterocycles. The molecule has 0 amide bonds. The minimum Gasteiger partial charge on any atom is -0.447 e. The number of carbonyl (C=O) groups excluding carboxylic acids is 1. The average molecular weight is 300 g/mol. The Hall–Kier alpha value is -0.300. The molecular formula is C11H15F3O2S2. The van der Waals surface area contributed by atoms with E-state index in [1.807, 2.05) is 0 Å². The van der Waals surface area contributed by atoms with E-state index in [0.717, 1.165) is 17.9 Å². The van der Waals surface area contributed by atoms with E-state index in [4.69, 9.17) is 4.74 Å². The summed E-state index contributed by atoms with van der Waals surface area (Å²) in [5.41, 5.74) is -1.96. The summed E-state index contributed by atoms with van der Waals surface area (Å²) in [5.74, 6) is 1.47. The maximum Gasteiger partial charge on any atom is 0.422 e. The second-order valence-electron chi connectivity index (χ2n) is 4.11. The monoisotopic (exact) mass is 300 g/mol. The van der Waals surface area contributed by atoms with Crippen LogP contribution in [0.15, 0.2) is 12.2 Å². The molecule has 1 fully saturated rings. The van der Waals surface area contributed by atoms with Crippen LogP contribution in [0.4, 0.5) is 13.2 Å². The van der Waals surface area contributed by atoms with E-state index in [-0.39, 0.29) is 0 Å². The number of hydrogen-bond donors (Lipinski definition) is 0. The van der Waals surface area contributed by atoms with E-state index in [1.54, 1.807) is 11.8 Å². The zero-order valence-electron chi connectivity index (χ0n) is 9.96. The minimum absolute atomic E-state index is 0.519. The van der Waals surface area contributed by atoms with Gasteiger partial charge in [-0.2, -0.15) is 24.9 Å². The number of alkyl halides is 3. The van der Waals surface area contributed by atoms with E-state index in [2.05, 4.69) is 13.5 Å². The molecule has 2 nitrogen and oxygen atoms in total. The topological polar surface area (TPSA) is 26.3 Å². The lowest BCUT2D eigenvalue weighted by atomic mass is 10.2. The van der Waals surface area contributed by atoms with Gasteiger partial charge in [0.05, 0.1) is 0 Å². The lowest BCUT2D eigenvalue weighted by molar-refractivity contribution is -0.151. The molecule has 2 atom stereocenters. The Morgan fingerprint density at radius 1 is 1.39 bits per heavy atom. The number of halogens is 3. The first-order valence-electron chi connectivity index (χ1n) is 5.47. The molecule has 0 radical (unpaired) electrons. The Bertz CT molecular complexity index is 308. The van der Waals surface area contributed by atoms with Crippen molar-refractivity contribution in [1.29, 1.82) is 0 Å². The van der Waals surface area contributed by atoms with Gasteiger partial charge in [-0.3, -0.25) is 0 Å². The highest BCUT2D eigenvalue weighted by Gasteiger charge is 2.38. The maximum atomic E-state index is 12.2. The van der Waals surface area contributed by atoms with Gasteiger partial charge < -0.3 is 4.74 Å². The Kier molecular flexibility index (Phi) is 5.91. The van der Waals surface area contributed by atoms with Crippen molar-refractivity contribution in [2.45, 2.75) is 25.0 Å². The standard InChI is InChI=1S/C11H15F3O2S2/c1-7-3-4-18-9(6-17-5-7)16-10(15)8(2)11(12,13)14/h7,9H,2-6H2,1H3. The van der Waals surface area contributed by atoms with Crippen molar-refractivity contribution in [3.8, 4) is 0 Å². The smallest absolute Gasteiger partial charge is 0.422 e. The first kappa shape index (κ1) is 15.8. The Balaban J connectivity index is 2.46. The van der Waals surface area contributed by atoms with Gasteiger partial charge in [0.2, 0.25) is 0 Å². The van der Waals surface area contributed by atoms with Crippen molar-refractivity contribution in [1.82, 2.24) is 0 Å². The quantitative estimate of drug-likeness (QED) is 0.576. The molecule has 0 aliphatic carbocycles. The molecule has 1 heterocycles. The first-order chi connectivity index (χ1) is 8.30. The Labute approximate surface area is 113 Å². The van der Waals surface area contributed by atoms with Crippen LogP contribution in [0.3, 0.4) is 0 Å². The third kappa shape index (κ3) is 5.14. The number of rotatable bonds is 2. The van der Waals surface area contributed by atoms with Crippen molar-refractivity contribution in [2.24, 2.45) is 5.92 Å². The van der Waals surface area contributed by atoms with Crippen molar-refractivity contribution in [2.75, 3.05) is 17.3 Å². The lowest BCUT2D eigenvalue weighted by Crippen LogP contribution is -2.26. The zero-order valence-corrected chi connectivity index (χ0v) is 11.6. The van der Waals surface area contributed by atoms with Gasteiger partial charge in [0.25, 0.3) is 0 Å². The molecule has 0 aromatic rings. The molecule has 0 spiro atoms. The van der Waals surface area contributed by atoms with Crippen molar-refractivity contribution in [3.05, 3.63) is 12.2 Å². The predicted octanol–water partition coefficient (Wildman–Crippen LogP) is 3.48. The highest BCUT2D eigenvalue weighted by atomic mass is 32.2. The minimum atomic E-state index is -4.72. The second kappa shape index (κ2) is 6.75. The summed E-state index contributed by atoms with van der Waals surface area (Å²) < 4.78 is 41.5. The predicted molar refractivity (Wildman–Crippen MR) is 68.6 cm³/mol. The number of thioether (sulfide) groups is 2. The summed E-state index contributed by atoms with van der Waals surface area (Å²) in [4.78, 5) is 11.3. The molecule has 2 unspecified atom stereocenters. The third-order valence-electron chi connectivity index (χ3n) is 2.40. The van der Waals surface area contributed by atoms with Gasteiger partial charge in [0.1, 0.15) is 5.57 Å². The van der Waals surface area contributed by atoms with Crippen molar-refractivity contribution < 1.29 is 22.7 Å². The summed E-state index contributed by atoms with van der Waals surface area (Å²) in [5, 5.41) is 0. The van der Waals surface area contributed by atoms with Crippen LogP contribution in [0.5, 0.6) is 0 Å². The summed E-state index contributed by atoms with van der Waals surface area (Å²) >= 11 is 2.98. The fraction of sp³-hybridized carbons (Fsp3) is 0.727. The van der Waals surface area contributed by atoms with Crippen molar-refractivity contribution >= 4 is 29.5 Å². The van der Waals surface area contributed by atoms with Crippen LogP contribution in [0.25, 0.3) is 0 Å². The summed E-state index contributed by atoms with van der Waals surface area (Å²) in [6, 6.07) is 0. The molecule has 1 saturated heterocycles. The lowest BCUT2D eigenvalue weighted by Gasteiger charge is -2.22. The number of carbonyl (C=O) groups is 1. The zero-order chi connectivity index (χ0) is 13.8. The molecule has 0 N–H and O–H groups in total. The molecule has 1 aliphatic rings. The van der Waals surface area contributed by atoms with Crippen LogP contribution in [0, 0.1) is 5.92 Å². The molecule has 0 saturated carbocycles. The van der Waals surface area contributed by atoms with E-state index in [0.29, 0.717) is 11.7 Å². The fourth-order valence-corrected chi connectivity index (χ4v) is 3.87. The summed E-state index contributed by atoms with van der Waals surface area (Å²) in [6.07, 6.45) is -3.74. The molecule has 18 heavy (non-hydrogen) atoms. The largest absolute Gasteiger partial charge is 0.447 e. The molecule has 7 heteroatoms. The van der Waals surface area contributed by atoms with E-state index < -0.39 is 23.2 Å². The number of esters is 1. The van der Waals surface area contributed by atoms with Crippen LogP contribution >= 0.6 is 23.5 Å². The first-order valence-corrected chi connectivity index (χ1v) is 7.67. The number of hydrogen-bond acceptors (Lipinski definition) is 4. The molecule has 0 aromatic carbocycles. The van der Waals surface area contributed by atoms with E-state index in [1.165, 1.54) is 11.8 Å². The van der Waals surface area contributed by atoms with Crippen LogP contribution in [-0.2, 0) is 9.53 Å². The fourth-order valence-electron chi connectivity index (χ4n) is 1.27. The average Bonchev–Trinajstić information content (AvgIpc) is 2.23. The maximum absolute atomic E-state index is 12.2. The third-order valence-corrected chi connectivity index (χ3v) is 5.06. The molecule has 0 bridgehead atoms. The van der Waals surface area contributed by atoms with Gasteiger partial charge in [-0.05, 0) is 23.8 Å². The highest BCUT2D eigenvalue weighted by Crippen LogP contribution is 2.29. The highest BCUT2D eigenvalue weighted by molar-refractivity contribution is 8.03. The molecule has 104 valence electrons. The van der Waals surface area contributed by atoms with Gasteiger partial charge in [-0.1, -0.05) is 13.5 Å². The Morgan fingerprint density at radius 3 is 2.67 bits per heavy atom. The number of ether oxygens (including phenoxy) is 1. The summed E-state index contributed by atoms with van der Waals surface area (Å²) in [7, 11) is 0. The van der Waals surface area contributed by atoms with Crippen LogP contribution in [0.1, 0.15) is 13.3 Å². The van der Waals surface area contributed by atoms with Crippen LogP contribution in [0.2, 0.25) is 0 Å². The molecule has 1 rings (SSSR count). The Morgan fingerprint density at radius 2 is 2.06 bits per heavy atom. The molecule has 1 aliphatic heterocycles. The van der Waals surface area contributed by atoms with Gasteiger partial charge >= 0.3 is 12.1 Å². The van der Waals surface area contributed by atoms with E-state index in [9.17, 15) is 18.0 Å². The van der Waals surface area contributed by atoms with Gasteiger partial charge in [0, 0.05) is 5.75 Å². The normalized spacial score (nSPS) is 26.0. The SMILES string of the molecule is C=C(C(=O)OC1CSCC(C)CCS1)C(F)(F)F. The van der Waals surface area contributed by atoms with Gasteiger partial charge in [-0.15, -0.1) is 11.8 Å². The van der Waals surface area contributed by atoms with Gasteiger partial charge in [-0.25, -0.2) is 4.79 Å². The van der Waals surface area contributed by atoms with Crippen LogP contribution < -0.4 is 0 Å². The van der Waals surface area contributed by atoms with Gasteiger partial charge in [0.15, 0.2) is 5.44 Å². The van der Waals surface area contributed by atoms with E-state index >= 15 is 0 Å². The van der Waals surface area contributed by atoms with Crippen molar-refractivity contribution in [3.63, 3.8) is 0 Å².